The lowest BCUT2D eigenvalue weighted by atomic mass is 9.91. The molecule has 1 saturated heterocycles. The minimum atomic E-state index is -0.0837. The number of benzene rings is 2. The van der Waals surface area contributed by atoms with Crippen LogP contribution in [-0.4, -0.2) is 24.0 Å². The SMILES string of the molecule is CCc1ccc(NC(=O)c2ccc(CC3CCNCC3)cc2)cc1-c1ccccn1. The Kier molecular flexibility index (Phi) is 6.55. The molecule has 1 amide bonds. The number of aryl methyl sites for hydroxylation is 1. The number of aromatic nitrogens is 1. The average Bonchev–Trinajstić information content (AvgIpc) is 2.81. The van der Waals surface area contributed by atoms with Crippen molar-refractivity contribution in [1.29, 1.82) is 0 Å². The Bertz CT molecular complexity index is 977. The van der Waals surface area contributed by atoms with Gasteiger partial charge in [-0.3, -0.25) is 9.78 Å². The predicted molar refractivity (Wildman–Crippen MR) is 123 cm³/mol. The van der Waals surface area contributed by atoms with Gasteiger partial charge in [-0.2, -0.15) is 0 Å². The third-order valence-corrected chi connectivity index (χ3v) is 5.89. The standard InChI is InChI=1S/C26H29N3O/c1-2-21-10-11-23(18-24(21)25-5-3-4-14-28-25)29-26(30)22-8-6-19(7-9-22)17-20-12-15-27-16-13-20/h3-11,14,18,20,27H,2,12-13,15-17H2,1H3,(H,29,30). The number of piperidine rings is 1. The van der Waals surface area contributed by atoms with Crippen molar-refractivity contribution in [2.75, 3.05) is 18.4 Å². The molecule has 4 rings (SSSR count). The Morgan fingerprint density at radius 2 is 1.87 bits per heavy atom. The van der Waals surface area contributed by atoms with E-state index in [4.69, 9.17) is 0 Å². The number of carbonyl (C=O) groups is 1. The quantitative estimate of drug-likeness (QED) is 0.606. The van der Waals surface area contributed by atoms with Crippen LogP contribution in [-0.2, 0) is 12.8 Å². The Hall–Kier alpha value is -2.98. The summed E-state index contributed by atoms with van der Waals surface area (Å²) in [6.07, 6.45) is 6.27. The van der Waals surface area contributed by atoms with E-state index in [9.17, 15) is 4.79 Å². The first-order valence-corrected chi connectivity index (χ1v) is 10.9. The van der Waals surface area contributed by atoms with Crippen molar-refractivity contribution in [3.05, 3.63) is 83.6 Å². The Balaban J connectivity index is 1.45. The van der Waals surface area contributed by atoms with Gasteiger partial charge in [-0.15, -0.1) is 0 Å². The Morgan fingerprint density at radius 3 is 2.57 bits per heavy atom. The number of rotatable bonds is 6. The molecule has 0 aliphatic carbocycles. The molecule has 2 N–H and O–H groups in total. The fraction of sp³-hybridized carbons (Fsp3) is 0.308. The van der Waals surface area contributed by atoms with E-state index in [1.54, 1.807) is 6.20 Å². The van der Waals surface area contributed by atoms with E-state index in [0.717, 1.165) is 48.8 Å². The molecule has 1 aliphatic rings. The number of hydrogen-bond donors (Lipinski definition) is 2. The maximum absolute atomic E-state index is 12.8. The zero-order chi connectivity index (χ0) is 20.8. The molecule has 4 heteroatoms. The van der Waals surface area contributed by atoms with Gasteiger partial charge in [0.25, 0.3) is 5.91 Å². The molecule has 4 nitrogen and oxygen atoms in total. The maximum atomic E-state index is 12.8. The lowest BCUT2D eigenvalue weighted by Crippen LogP contribution is -2.28. The average molecular weight is 400 g/mol. The van der Waals surface area contributed by atoms with Crippen molar-refractivity contribution in [1.82, 2.24) is 10.3 Å². The van der Waals surface area contributed by atoms with E-state index in [1.165, 1.54) is 24.0 Å². The van der Waals surface area contributed by atoms with Crippen LogP contribution in [0.25, 0.3) is 11.3 Å². The second kappa shape index (κ2) is 9.68. The van der Waals surface area contributed by atoms with E-state index in [2.05, 4.69) is 40.7 Å². The molecule has 30 heavy (non-hydrogen) atoms. The highest BCUT2D eigenvalue weighted by atomic mass is 16.1. The molecule has 1 aromatic heterocycles. The summed E-state index contributed by atoms with van der Waals surface area (Å²) < 4.78 is 0. The van der Waals surface area contributed by atoms with Gasteiger partial charge < -0.3 is 10.6 Å². The van der Waals surface area contributed by atoms with Crippen LogP contribution >= 0.6 is 0 Å². The molecule has 0 bridgehead atoms. The molecule has 1 fully saturated rings. The van der Waals surface area contributed by atoms with Gasteiger partial charge in [0.1, 0.15) is 0 Å². The van der Waals surface area contributed by atoms with Crippen molar-refractivity contribution in [2.45, 2.75) is 32.6 Å². The smallest absolute Gasteiger partial charge is 0.255 e. The van der Waals surface area contributed by atoms with E-state index in [-0.39, 0.29) is 5.91 Å². The minimum absolute atomic E-state index is 0.0837. The van der Waals surface area contributed by atoms with Crippen LogP contribution in [0.1, 0.15) is 41.3 Å². The van der Waals surface area contributed by atoms with E-state index in [1.807, 2.05) is 42.5 Å². The van der Waals surface area contributed by atoms with Crippen LogP contribution in [0.4, 0.5) is 5.69 Å². The first-order chi connectivity index (χ1) is 14.7. The van der Waals surface area contributed by atoms with Crippen LogP contribution in [0.15, 0.2) is 66.9 Å². The molecule has 2 heterocycles. The molecule has 1 aliphatic heterocycles. The molecule has 0 saturated carbocycles. The minimum Gasteiger partial charge on any atom is -0.322 e. The molecule has 0 unspecified atom stereocenters. The number of nitrogens with one attached hydrogen (secondary N) is 2. The second-order valence-electron chi connectivity index (χ2n) is 7.99. The number of hydrogen-bond acceptors (Lipinski definition) is 3. The summed E-state index contributed by atoms with van der Waals surface area (Å²) in [4.78, 5) is 17.3. The van der Waals surface area contributed by atoms with Crippen molar-refractivity contribution in [3.8, 4) is 11.3 Å². The van der Waals surface area contributed by atoms with Gasteiger partial charge in [-0.25, -0.2) is 0 Å². The highest BCUT2D eigenvalue weighted by Gasteiger charge is 2.14. The summed E-state index contributed by atoms with van der Waals surface area (Å²) in [5.41, 5.74) is 5.98. The summed E-state index contributed by atoms with van der Waals surface area (Å²) in [6.45, 7) is 4.36. The van der Waals surface area contributed by atoms with Gasteiger partial charge in [-0.05, 0) is 92.2 Å². The van der Waals surface area contributed by atoms with Gasteiger partial charge in [0.05, 0.1) is 5.69 Å². The molecule has 3 aromatic rings. The Morgan fingerprint density at radius 1 is 1.07 bits per heavy atom. The highest BCUT2D eigenvalue weighted by molar-refractivity contribution is 6.04. The van der Waals surface area contributed by atoms with Gasteiger partial charge in [0, 0.05) is 23.0 Å². The molecular weight excluding hydrogens is 370 g/mol. The monoisotopic (exact) mass is 399 g/mol. The summed E-state index contributed by atoms with van der Waals surface area (Å²) in [5, 5.41) is 6.46. The van der Waals surface area contributed by atoms with E-state index < -0.39 is 0 Å². The molecule has 0 radical (unpaired) electrons. The lowest BCUT2D eigenvalue weighted by Gasteiger charge is -2.22. The van der Waals surface area contributed by atoms with Gasteiger partial charge in [-0.1, -0.05) is 31.2 Å². The summed E-state index contributed by atoms with van der Waals surface area (Å²) in [6, 6.07) is 20.0. The van der Waals surface area contributed by atoms with Crippen LogP contribution < -0.4 is 10.6 Å². The predicted octanol–water partition coefficient (Wildman–Crippen LogP) is 5.11. The lowest BCUT2D eigenvalue weighted by molar-refractivity contribution is 0.102. The van der Waals surface area contributed by atoms with Crippen molar-refractivity contribution in [3.63, 3.8) is 0 Å². The Labute approximate surface area is 178 Å². The van der Waals surface area contributed by atoms with Gasteiger partial charge in [0.15, 0.2) is 0 Å². The zero-order valence-corrected chi connectivity index (χ0v) is 17.5. The fourth-order valence-electron chi connectivity index (χ4n) is 4.14. The first-order valence-electron chi connectivity index (χ1n) is 10.9. The molecule has 154 valence electrons. The third-order valence-electron chi connectivity index (χ3n) is 5.89. The molecule has 0 spiro atoms. The fourth-order valence-corrected chi connectivity index (χ4v) is 4.14. The zero-order valence-electron chi connectivity index (χ0n) is 17.5. The van der Waals surface area contributed by atoms with E-state index >= 15 is 0 Å². The number of nitrogens with zero attached hydrogens (tertiary/aromatic N) is 1. The number of anilines is 1. The molecule has 0 atom stereocenters. The van der Waals surface area contributed by atoms with Gasteiger partial charge >= 0.3 is 0 Å². The van der Waals surface area contributed by atoms with Crippen molar-refractivity contribution >= 4 is 11.6 Å². The first kappa shape index (κ1) is 20.3. The normalized spacial score (nSPS) is 14.4. The number of carbonyl (C=O) groups excluding carboxylic acids is 1. The van der Waals surface area contributed by atoms with Crippen LogP contribution in [0, 0.1) is 5.92 Å². The number of pyridine rings is 1. The topological polar surface area (TPSA) is 54.0 Å². The highest BCUT2D eigenvalue weighted by Crippen LogP contribution is 2.26. The molecular formula is C26H29N3O. The van der Waals surface area contributed by atoms with Crippen LogP contribution in [0.3, 0.4) is 0 Å². The largest absolute Gasteiger partial charge is 0.322 e. The summed E-state index contributed by atoms with van der Waals surface area (Å²) in [5.74, 6) is 0.660. The maximum Gasteiger partial charge on any atom is 0.255 e. The number of amides is 1. The van der Waals surface area contributed by atoms with Crippen LogP contribution in [0.5, 0.6) is 0 Å². The van der Waals surface area contributed by atoms with Gasteiger partial charge in [0.2, 0.25) is 0 Å². The molecule has 2 aromatic carbocycles. The summed E-state index contributed by atoms with van der Waals surface area (Å²) in [7, 11) is 0. The third kappa shape index (κ3) is 4.95. The summed E-state index contributed by atoms with van der Waals surface area (Å²) >= 11 is 0. The van der Waals surface area contributed by atoms with E-state index in [0.29, 0.717) is 5.56 Å². The second-order valence-corrected chi connectivity index (χ2v) is 7.99. The van der Waals surface area contributed by atoms with Crippen molar-refractivity contribution in [2.24, 2.45) is 5.92 Å². The van der Waals surface area contributed by atoms with Crippen LogP contribution in [0.2, 0.25) is 0 Å². The van der Waals surface area contributed by atoms with Crippen molar-refractivity contribution < 1.29 is 4.79 Å².